The smallest absolute Gasteiger partial charge is 0.263 e. The summed E-state index contributed by atoms with van der Waals surface area (Å²) in [4.78, 5) is 26.0. The normalized spacial score (nSPS) is 17.1. The third-order valence-corrected chi connectivity index (χ3v) is 8.00. The Morgan fingerprint density at radius 3 is 2.25 bits per heavy atom. The lowest BCUT2D eigenvalue weighted by Crippen LogP contribution is -2.61. The van der Waals surface area contributed by atoms with Gasteiger partial charge in [-0.3, -0.25) is 4.90 Å². The number of hydrogen-bond donors (Lipinski definition) is 0. The lowest BCUT2D eigenvalue weighted by Gasteiger charge is -2.47. The summed E-state index contributed by atoms with van der Waals surface area (Å²) in [6.45, 7) is 11.8. The van der Waals surface area contributed by atoms with Crippen molar-refractivity contribution in [1.29, 1.82) is 0 Å². The molecule has 2 aliphatic heterocycles. The van der Waals surface area contributed by atoms with E-state index in [2.05, 4.69) is 43.8 Å². The number of hydrogen-bond acceptors (Lipinski definition) is 7. The van der Waals surface area contributed by atoms with Gasteiger partial charge in [0.1, 0.15) is 17.0 Å². The molecule has 2 aromatic carbocycles. The molecule has 4 aromatic rings. The fourth-order valence-corrected chi connectivity index (χ4v) is 5.61. The van der Waals surface area contributed by atoms with E-state index in [1.165, 1.54) is 12.1 Å². The minimum Gasteiger partial charge on any atom is -0.369 e. The predicted octanol–water partition coefficient (Wildman–Crippen LogP) is 5.19. The number of aryl methyl sites for hydroxylation is 3. The van der Waals surface area contributed by atoms with Crippen LogP contribution >= 0.6 is 0 Å². The molecule has 0 amide bonds. The largest absolute Gasteiger partial charge is 0.369 e. The number of halogens is 3. The SMILES string of the molecule is Cc1cc(-c2nc(-c3ccc(C(F)F)cc3F)c3nc(C)c(C)nc3n2)cc(N2CCN(C3CN(C)C3)CC2)c1. The van der Waals surface area contributed by atoms with Crippen LogP contribution in [0.5, 0.6) is 0 Å². The molecule has 2 saturated heterocycles. The highest BCUT2D eigenvalue weighted by atomic mass is 19.3. The molecule has 7 nitrogen and oxygen atoms in total. The Bertz CT molecular complexity index is 1580. The van der Waals surface area contributed by atoms with Gasteiger partial charge in [-0.1, -0.05) is 6.07 Å². The standard InChI is InChI=1S/C30H32F3N7/c1-17-11-21(13-22(12-17)39-7-9-40(10-8-39)23-15-38(4)16-23)29-36-26(24-6-5-20(28(32)33)14-25(24)31)27-30(37-29)35-19(3)18(2)34-27/h5-6,11-14,23,28H,7-10,15-16H2,1-4H3. The maximum atomic E-state index is 15.2. The van der Waals surface area contributed by atoms with Crippen LogP contribution in [0.3, 0.4) is 0 Å². The number of piperazine rings is 1. The van der Waals surface area contributed by atoms with Crippen LogP contribution in [0.15, 0.2) is 36.4 Å². The Morgan fingerprint density at radius 1 is 0.850 bits per heavy atom. The van der Waals surface area contributed by atoms with E-state index in [1.807, 2.05) is 26.8 Å². The van der Waals surface area contributed by atoms with Gasteiger partial charge in [0.2, 0.25) is 0 Å². The molecule has 0 spiro atoms. The average molecular weight is 548 g/mol. The predicted molar refractivity (Wildman–Crippen MR) is 150 cm³/mol. The van der Waals surface area contributed by atoms with Crippen LogP contribution in [-0.2, 0) is 0 Å². The molecule has 0 aliphatic carbocycles. The zero-order valence-corrected chi connectivity index (χ0v) is 23.1. The summed E-state index contributed by atoms with van der Waals surface area (Å²) in [6, 6.07) is 10.3. The third-order valence-electron chi connectivity index (χ3n) is 8.00. The van der Waals surface area contributed by atoms with Crippen LogP contribution in [0.25, 0.3) is 33.8 Å². The van der Waals surface area contributed by atoms with E-state index < -0.39 is 12.2 Å². The first-order chi connectivity index (χ1) is 19.2. The Labute approximate surface area is 231 Å². The van der Waals surface area contributed by atoms with Crippen LogP contribution in [0.4, 0.5) is 18.9 Å². The van der Waals surface area contributed by atoms with Crippen molar-refractivity contribution in [1.82, 2.24) is 29.7 Å². The highest BCUT2D eigenvalue weighted by molar-refractivity contribution is 5.89. The molecular formula is C30H32F3N7. The van der Waals surface area contributed by atoms with Crippen molar-refractivity contribution in [2.75, 3.05) is 51.2 Å². The monoisotopic (exact) mass is 547 g/mol. The van der Waals surface area contributed by atoms with Gasteiger partial charge in [-0.25, -0.2) is 33.1 Å². The van der Waals surface area contributed by atoms with Gasteiger partial charge in [0.05, 0.1) is 11.4 Å². The summed E-state index contributed by atoms with van der Waals surface area (Å²) >= 11 is 0. The van der Waals surface area contributed by atoms with Gasteiger partial charge >= 0.3 is 0 Å². The van der Waals surface area contributed by atoms with Gasteiger partial charge < -0.3 is 9.80 Å². The first-order valence-electron chi connectivity index (χ1n) is 13.6. The van der Waals surface area contributed by atoms with Crippen LogP contribution in [-0.4, -0.2) is 82.1 Å². The van der Waals surface area contributed by atoms with Crippen molar-refractivity contribution in [2.24, 2.45) is 0 Å². The van der Waals surface area contributed by atoms with Crippen LogP contribution < -0.4 is 4.90 Å². The summed E-state index contributed by atoms with van der Waals surface area (Å²) in [5.41, 5.74) is 4.90. The molecule has 40 heavy (non-hydrogen) atoms. The molecule has 6 rings (SSSR count). The highest BCUT2D eigenvalue weighted by Gasteiger charge is 2.31. The quantitative estimate of drug-likeness (QED) is 0.341. The first kappa shape index (κ1) is 26.6. The van der Waals surface area contributed by atoms with Crippen molar-refractivity contribution >= 4 is 16.9 Å². The molecule has 4 heterocycles. The van der Waals surface area contributed by atoms with Gasteiger partial charge in [0.15, 0.2) is 11.5 Å². The number of nitrogens with zero attached hydrogens (tertiary/aromatic N) is 7. The van der Waals surface area contributed by atoms with Gasteiger partial charge in [-0.15, -0.1) is 0 Å². The fraction of sp³-hybridized carbons (Fsp3) is 0.400. The average Bonchev–Trinajstić information content (AvgIpc) is 2.91. The molecule has 208 valence electrons. The maximum Gasteiger partial charge on any atom is 0.263 e. The second-order valence-electron chi connectivity index (χ2n) is 11.0. The number of rotatable bonds is 5. The number of fused-ring (bicyclic) bond motifs is 1. The van der Waals surface area contributed by atoms with Crippen molar-refractivity contribution in [3.05, 3.63) is 64.7 Å². The second kappa shape index (κ2) is 10.4. The molecule has 0 radical (unpaired) electrons. The molecule has 0 saturated carbocycles. The van der Waals surface area contributed by atoms with E-state index in [0.717, 1.165) is 62.1 Å². The van der Waals surface area contributed by atoms with Crippen molar-refractivity contribution in [2.45, 2.75) is 33.2 Å². The lowest BCUT2D eigenvalue weighted by molar-refractivity contribution is 0.0488. The van der Waals surface area contributed by atoms with Gasteiger partial charge in [-0.05, 0) is 63.7 Å². The molecule has 0 atom stereocenters. The lowest BCUT2D eigenvalue weighted by atomic mass is 10.0. The van der Waals surface area contributed by atoms with Crippen LogP contribution in [0, 0.1) is 26.6 Å². The van der Waals surface area contributed by atoms with Crippen molar-refractivity contribution in [3.63, 3.8) is 0 Å². The van der Waals surface area contributed by atoms with Crippen molar-refractivity contribution in [3.8, 4) is 22.6 Å². The summed E-state index contributed by atoms with van der Waals surface area (Å²) in [7, 11) is 2.15. The number of anilines is 1. The zero-order chi connectivity index (χ0) is 28.1. The van der Waals surface area contributed by atoms with E-state index in [9.17, 15) is 8.78 Å². The second-order valence-corrected chi connectivity index (χ2v) is 11.0. The molecule has 0 bridgehead atoms. The van der Waals surface area contributed by atoms with Gasteiger partial charge in [0, 0.05) is 67.7 Å². The third kappa shape index (κ3) is 5.01. The Kier molecular flexibility index (Phi) is 6.92. The molecule has 2 fully saturated rings. The first-order valence-corrected chi connectivity index (χ1v) is 13.6. The van der Waals surface area contributed by atoms with E-state index >= 15 is 4.39 Å². The van der Waals surface area contributed by atoms with Crippen LogP contribution in [0.2, 0.25) is 0 Å². The Balaban J connectivity index is 1.39. The number of likely N-dealkylation sites (tertiary alicyclic amines) is 1. The minimum atomic E-state index is -2.77. The summed E-state index contributed by atoms with van der Waals surface area (Å²) < 4.78 is 41.6. The number of alkyl halides is 2. The Hall–Kier alpha value is -3.63. The van der Waals surface area contributed by atoms with E-state index in [-0.39, 0.29) is 16.8 Å². The number of aromatic nitrogens is 4. The fourth-order valence-electron chi connectivity index (χ4n) is 5.61. The van der Waals surface area contributed by atoms with Gasteiger partial charge in [-0.2, -0.15) is 0 Å². The number of likely N-dealkylation sites (N-methyl/N-ethyl adjacent to an activating group) is 1. The molecule has 0 unspecified atom stereocenters. The van der Waals surface area contributed by atoms with Gasteiger partial charge in [0.25, 0.3) is 6.43 Å². The van der Waals surface area contributed by atoms with Crippen molar-refractivity contribution < 1.29 is 13.2 Å². The summed E-state index contributed by atoms with van der Waals surface area (Å²) in [5, 5.41) is 0. The topological polar surface area (TPSA) is 61.3 Å². The molecule has 2 aliphatic rings. The molecule has 0 N–H and O–H groups in total. The zero-order valence-electron chi connectivity index (χ0n) is 23.1. The molecular weight excluding hydrogens is 515 g/mol. The van der Waals surface area contributed by atoms with E-state index in [0.29, 0.717) is 34.4 Å². The highest BCUT2D eigenvalue weighted by Crippen LogP contribution is 2.33. The maximum absolute atomic E-state index is 15.2. The Morgan fingerprint density at radius 2 is 1.57 bits per heavy atom. The van der Waals surface area contributed by atoms with E-state index in [4.69, 9.17) is 9.97 Å². The van der Waals surface area contributed by atoms with Crippen LogP contribution in [0.1, 0.15) is 28.9 Å². The summed E-state index contributed by atoms with van der Waals surface area (Å²) in [6.07, 6.45) is -2.77. The summed E-state index contributed by atoms with van der Waals surface area (Å²) in [5.74, 6) is -0.400. The number of benzene rings is 2. The van der Waals surface area contributed by atoms with E-state index in [1.54, 1.807) is 0 Å². The molecule has 10 heteroatoms. The minimum absolute atomic E-state index is 0.0845. The molecule has 2 aromatic heterocycles.